The molecule has 0 saturated carbocycles. The van der Waals surface area contributed by atoms with Crippen LogP contribution in [0.5, 0.6) is 0 Å². The van der Waals surface area contributed by atoms with Gasteiger partial charge in [0.05, 0.1) is 33.8 Å². The average Bonchev–Trinajstić information content (AvgIpc) is 3.51. The standard InChI is InChI=1S/C73H133N2O7P/c1-7-10-13-16-19-22-25-27-29-31-33-35-36-37-38-40-42-44-46-48-51-54-57-60-63-66-73(77)82-71(64-61-58-55-52-49-24-21-18-15-12-9-3)70(69-81-83(78,79)80-68-67-75(4,5)6)74-72(76)65-62-59-56-53-50-47-45-43-41-39-34-32-30-28-26-23-20-17-14-11-8-2/h19-20,22-23,27-30,33-35,39,61,64,70-71H,7-18,21,24-26,31-32,36-38,40-60,62-63,65-69H2,1-6H3,(H-,74,76,78,79)/p+1/b22-19-,23-20-,29-27-,30-28-,35-33-,39-34-,64-61+. The van der Waals surface area contributed by atoms with Crippen molar-refractivity contribution in [3.8, 4) is 0 Å². The molecule has 0 aromatic carbocycles. The minimum Gasteiger partial charge on any atom is -0.456 e. The number of nitrogens with one attached hydrogen (secondary N) is 1. The number of esters is 1. The van der Waals surface area contributed by atoms with Crippen LogP contribution in [-0.4, -0.2) is 74.3 Å². The normalized spacial score (nSPS) is 14.1. The van der Waals surface area contributed by atoms with Gasteiger partial charge in [0.1, 0.15) is 19.3 Å². The van der Waals surface area contributed by atoms with Gasteiger partial charge in [-0.2, -0.15) is 0 Å². The second-order valence-electron chi connectivity index (χ2n) is 24.7. The Morgan fingerprint density at radius 1 is 0.422 bits per heavy atom. The summed E-state index contributed by atoms with van der Waals surface area (Å²) in [5.74, 6) is -0.511. The van der Waals surface area contributed by atoms with E-state index in [1.165, 1.54) is 186 Å². The summed E-state index contributed by atoms with van der Waals surface area (Å²) < 4.78 is 30.8. The number of hydrogen-bond acceptors (Lipinski definition) is 6. The topological polar surface area (TPSA) is 111 Å². The molecule has 0 aliphatic carbocycles. The fraction of sp³-hybridized carbons (Fsp3) is 0.781. The number of carbonyl (C=O) groups excluding carboxylic acids is 2. The van der Waals surface area contributed by atoms with E-state index in [9.17, 15) is 19.0 Å². The maximum Gasteiger partial charge on any atom is 0.472 e. The molecule has 0 aliphatic heterocycles. The van der Waals surface area contributed by atoms with Gasteiger partial charge in [-0.25, -0.2) is 4.57 Å². The first-order valence-electron chi connectivity index (χ1n) is 34.9. The lowest BCUT2D eigenvalue weighted by atomic mass is 10.0. The van der Waals surface area contributed by atoms with E-state index in [4.69, 9.17) is 13.8 Å². The first-order chi connectivity index (χ1) is 40.4. The van der Waals surface area contributed by atoms with Crippen LogP contribution in [0.15, 0.2) is 85.1 Å². The molecule has 3 atom stereocenters. The number of likely N-dealkylation sites (N-methyl/N-ethyl adjacent to an activating group) is 1. The molecule has 0 saturated heterocycles. The predicted molar refractivity (Wildman–Crippen MR) is 360 cm³/mol. The predicted octanol–water partition coefficient (Wildman–Crippen LogP) is 22.1. The van der Waals surface area contributed by atoms with Crippen molar-refractivity contribution in [3.05, 3.63) is 85.1 Å². The van der Waals surface area contributed by atoms with Crippen molar-refractivity contribution in [2.45, 2.75) is 328 Å². The molecule has 0 bridgehead atoms. The lowest BCUT2D eigenvalue weighted by molar-refractivity contribution is -0.870. The highest BCUT2D eigenvalue weighted by molar-refractivity contribution is 7.47. The van der Waals surface area contributed by atoms with Crippen LogP contribution in [0.2, 0.25) is 0 Å². The maximum atomic E-state index is 13.6. The van der Waals surface area contributed by atoms with E-state index in [0.29, 0.717) is 17.4 Å². The zero-order chi connectivity index (χ0) is 60.7. The van der Waals surface area contributed by atoms with Crippen LogP contribution in [0.3, 0.4) is 0 Å². The molecule has 0 fully saturated rings. The summed E-state index contributed by atoms with van der Waals surface area (Å²) in [4.78, 5) is 37.9. The Labute approximate surface area is 514 Å². The Bertz CT molecular complexity index is 1700. The zero-order valence-electron chi connectivity index (χ0n) is 55.2. The average molecular weight is 1180 g/mol. The number of phosphoric ester groups is 1. The van der Waals surface area contributed by atoms with Gasteiger partial charge in [-0.15, -0.1) is 0 Å². The van der Waals surface area contributed by atoms with Gasteiger partial charge in [-0.05, 0) is 109 Å². The van der Waals surface area contributed by atoms with Crippen molar-refractivity contribution < 1.29 is 37.3 Å². The van der Waals surface area contributed by atoms with Crippen molar-refractivity contribution in [1.29, 1.82) is 0 Å². The summed E-state index contributed by atoms with van der Waals surface area (Å²) in [6.07, 6.45) is 83.0. The first kappa shape index (κ1) is 80.2. The Morgan fingerprint density at radius 3 is 1.12 bits per heavy atom. The minimum absolute atomic E-state index is 0.0359. The molecule has 0 aliphatic rings. The molecule has 0 aromatic heterocycles. The van der Waals surface area contributed by atoms with Gasteiger partial charge < -0.3 is 19.4 Å². The smallest absolute Gasteiger partial charge is 0.456 e. The van der Waals surface area contributed by atoms with E-state index >= 15 is 0 Å². The summed E-state index contributed by atoms with van der Waals surface area (Å²) >= 11 is 0. The lowest BCUT2D eigenvalue weighted by Gasteiger charge is -2.27. The van der Waals surface area contributed by atoms with Crippen molar-refractivity contribution in [1.82, 2.24) is 5.32 Å². The lowest BCUT2D eigenvalue weighted by Crippen LogP contribution is -2.47. The summed E-state index contributed by atoms with van der Waals surface area (Å²) in [6, 6.07) is -0.857. The molecular weight excluding hydrogens is 1050 g/mol. The molecule has 3 unspecified atom stereocenters. The van der Waals surface area contributed by atoms with Crippen LogP contribution in [0.25, 0.3) is 0 Å². The Hall–Kier alpha value is -2.81. The maximum absolute atomic E-state index is 13.6. The Balaban J connectivity index is 5.06. The fourth-order valence-corrected chi connectivity index (χ4v) is 10.6. The van der Waals surface area contributed by atoms with Crippen LogP contribution < -0.4 is 5.32 Å². The SMILES string of the molecule is CCCCC/C=C\C/C=C\C/C=C\CCCCCCCCCCCCCCC(=O)OC(/C=C/CCCCCCCCCCC)C(COP(=O)(O)OCC[N+](C)(C)C)NC(=O)CCCCCCCCCC/C=C\C/C=C\C/C=C\CCCCC. The number of phosphoric acid groups is 1. The molecule has 0 heterocycles. The number of unbranched alkanes of at least 4 members (excludes halogenated alkanes) is 35. The van der Waals surface area contributed by atoms with E-state index in [1.807, 2.05) is 33.3 Å². The summed E-state index contributed by atoms with van der Waals surface area (Å²) in [5, 5.41) is 3.06. The molecule has 0 aromatic rings. The van der Waals surface area contributed by atoms with Crippen molar-refractivity contribution >= 4 is 19.7 Å². The highest BCUT2D eigenvalue weighted by atomic mass is 31.2. The van der Waals surface area contributed by atoms with Gasteiger partial charge >= 0.3 is 13.8 Å². The monoisotopic (exact) mass is 1180 g/mol. The minimum atomic E-state index is -4.46. The number of ether oxygens (including phenoxy) is 1. The van der Waals surface area contributed by atoms with Crippen LogP contribution in [0.1, 0.15) is 316 Å². The number of quaternary nitrogens is 1. The van der Waals surface area contributed by atoms with Crippen LogP contribution in [-0.2, 0) is 27.9 Å². The highest BCUT2D eigenvalue weighted by Crippen LogP contribution is 2.43. The second-order valence-corrected chi connectivity index (χ2v) is 26.1. The van der Waals surface area contributed by atoms with Gasteiger partial charge in [-0.3, -0.25) is 18.6 Å². The second kappa shape index (κ2) is 62.2. The molecule has 1 amide bonds. The number of nitrogens with zero attached hydrogens (tertiary/aromatic N) is 1. The largest absolute Gasteiger partial charge is 0.472 e. The highest BCUT2D eigenvalue weighted by Gasteiger charge is 2.30. The molecule has 83 heavy (non-hydrogen) atoms. The summed E-state index contributed by atoms with van der Waals surface area (Å²) in [7, 11) is 1.49. The van der Waals surface area contributed by atoms with Crippen molar-refractivity contribution in [3.63, 3.8) is 0 Å². The van der Waals surface area contributed by atoms with Gasteiger partial charge in [0.15, 0.2) is 0 Å². The van der Waals surface area contributed by atoms with Crippen molar-refractivity contribution in [2.75, 3.05) is 40.9 Å². The third kappa shape index (κ3) is 63.5. The molecule has 482 valence electrons. The molecule has 0 spiro atoms. The number of carbonyl (C=O) groups is 2. The number of amides is 1. The Morgan fingerprint density at radius 2 is 0.735 bits per heavy atom. The number of rotatable bonds is 63. The van der Waals surface area contributed by atoms with E-state index in [2.05, 4.69) is 99.0 Å². The van der Waals surface area contributed by atoms with Gasteiger partial charge in [0.2, 0.25) is 5.91 Å². The van der Waals surface area contributed by atoms with Crippen LogP contribution in [0.4, 0.5) is 0 Å². The third-order valence-electron chi connectivity index (χ3n) is 15.3. The van der Waals surface area contributed by atoms with E-state index in [1.54, 1.807) is 0 Å². The number of allylic oxidation sites excluding steroid dienone is 13. The molecular formula is C73H134N2O7P+. The van der Waals surface area contributed by atoms with E-state index in [0.717, 1.165) is 96.3 Å². The Kier molecular flexibility index (Phi) is 60.1. The molecule has 9 nitrogen and oxygen atoms in total. The van der Waals surface area contributed by atoms with Gasteiger partial charge in [0, 0.05) is 12.8 Å². The molecule has 0 radical (unpaired) electrons. The molecule has 10 heteroatoms. The van der Waals surface area contributed by atoms with E-state index < -0.39 is 20.0 Å². The van der Waals surface area contributed by atoms with Crippen LogP contribution in [0, 0.1) is 0 Å². The van der Waals surface area contributed by atoms with Gasteiger partial charge in [-0.1, -0.05) is 280 Å². The van der Waals surface area contributed by atoms with E-state index in [-0.39, 0.29) is 31.5 Å². The molecule has 0 rings (SSSR count). The number of hydrogen-bond donors (Lipinski definition) is 2. The van der Waals surface area contributed by atoms with Crippen molar-refractivity contribution in [2.24, 2.45) is 0 Å². The summed E-state index contributed by atoms with van der Waals surface area (Å²) in [6.45, 7) is 6.97. The quantitative estimate of drug-likeness (QED) is 0.0205. The molecule has 2 N–H and O–H groups in total. The zero-order valence-corrected chi connectivity index (χ0v) is 56.1. The fourth-order valence-electron chi connectivity index (χ4n) is 9.90. The third-order valence-corrected chi connectivity index (χ3v) is 16.3. The first-order valence-corrected chi connectivity index (χ1v) is 36.4. The van der Waals surface area contributed by atoms with Gasteiger partial charge in [0.25, 0.3) is 0 Å². The summed E-state index contributed by atoms with van der Waals surface area (Å²) in [5.41, 5.74) is 0. The van der Waals surface area contributed by atoms with Crippen LogP contribution >= 0.6 is 7.82 Å².